The van der Waals surface area contributed by atoms with Crippen LogP contribution in [-0.4, -0.2) is 33.3 Å². The Hall–Kier alpha value is -1.91. The van der Waals surface area contributed by atoms with E-state index in [2.05, 4.69) is 16.0 Å². The van der Waals surface area contributed by atoms with Crippen LogP contribution < -0.4 is 20.7 Å². The van der Waals surface area contributed by atoms with Gasteiger partial charge in [-0.15, -0.1) is 0 Å². The molecule has 0 spiro atoms. The Morgan fingerprint density at radius 3 is 2.23 bits per heavy atom. The van der Waals surface area contributed by atoms with Gasteiger partial charge in [-0.3, -0.25) is 0 Å². The van der Waals surface area contributed by atoms with Crippen LogP contribution in [0, 0.1) is 0 Å². The Balaban J connectivity index is 1.52. The maximum atomic E-state index is 5.84. The normalized spacial score (nSPS) is 10.3. The topological polar surface area (TPSA) is 45.3 Å². The minimum Gasteiger partial charge on any atom is -0.492 e. The van der Waals surface area contributed by atoms with Crippen LogP contribution in [0.15, 0.2) is 48.5 Å². The first-order valence-corrected chi connectivity index (χ1v) is 7.76. The summed E-state index contributed by atoms with van der Waals surface area (Å²) in [5.41, 5.74) is 2.16. The van der Waals surface area contributed by atoms with Gasteiger partial charge in [0, 0.05) is 43.1 Å². The van der Waals surface area contributed by atoms with E-state index < -0.39 is 0 Å². The molecule has 0 saturated carbocycles. The van der Waals surface area contributed by atoms with E-state index in [1.54, 1.807) is 0 Å². The SMILES string of the molecule is CNc1ccc(OCCNCCNc2ccc(Cl)cc2)cc1. The summed E-state index contributed by atoms with van der Waals surface area (Å²) >= 11 is 5.84. The van der Waals surface area contributed by atoms with E-state index in [1.807, 2.05) is 55.6 Å². The zero-order valence-corrected chi connectivity index (χ0v) is 13.5. The lowest BCUT2D eigenvalue weighted by Gasteiger charge is -2.09. The molecule has 0 atom stereocenters. The summed E-state index contributed by atoms with van der Waals surface area (Å²) in [5, 5.41) is 10.5. The average Bonchev–Trinajstić information content (AvgIpc) is 2.56. The van der Waals surface area contributed by atoms with Crippen molar-refractivity contribution in [1.82, 2.24) is 5.32 Å². The van der Waals surface area contributed by atoms with Crippen molar-refractivity contribution in [3.63, 3.8) is 0 Å². The summed E-state index contributed by atoms with van der Waals surface area (Å²) in [5.74, 6) is 0.889. The summed E-state index contributed by atoms with van der Waals surface area (Å²) in [6.07, 6.45) is 0. The van der Waals surface area contributed by atoms with Crippen molar-refractivity contribution in [3.8, 4) is 5.75 Å². The molecule has 2 rings (SSSR count). The molecule has 4 nitrogen and oxygen atoms in total. The quantitative estimate of drug-likeness (QED) is 0.619. The fourth-order valence-electron chi connectivity index (χ4n) is 1.95. The van der Waals surface area contributed by atoms with Gasteiger partial charge >= 0.3 is 0 Å². The number of rotatable bonds is 9. The van der Waals surface area contributed by atoms with Crippen molar-refractivity contribution in [2.75, 3.05) is 43.9 Å². The number of nitrogens with one attached hydrogen (secondary N) is 3. The molecule has 0 aliphatic carbocycles. The van der Waals surface area contributed by atoms with Crippen LogP contribution in [0.1, 0.15) is 0 Å². The maximum absolute atomic E-state index is 5.84. The van der Waals surface area contributed by atoms with Crippen LogP contribution in [0.5, 0.6) is 5.75 Å². The van der Waals surface area contributed by atoms with E-state index in [-0.39, 0.29) is 0 Å². The average molecular weight is 320 g/mol. The van der Waals surface area contributed by atoms with Crippen molar-refractivity contribution in [1.29, 1.82) is 0 Å². The zero-order valence-electron chi connectivity index (χ0n) is 12.7. The van der Waals surface area contributed by atoms with Gasteiger partial charge < -0.3 is 20.7 Å². The lowest BCUT2D eigenvalue weighted by Crippen LogP contribution is -2.26. The standard InChI is InChI=1S/C17H22ClN3O/c1-19-15-6-8-17(9-7-15)22-13-12-20-10-11-21-16-4-2-14(18)3-5-16/h2-9,19-21H,10-13H2,1H3. The molecule has 0 aliphatic heterocycles. The molecule has 0 bridgehead atoms. The predicted molar refractivity (Wildman–Crippen MR) is 94.3 cm³/mol. The molecule has 0 aromatic heterocycles. The number of anilines is 2. The zero-order chi connectivity index (χ0) is 15.6. The van der Waals surface area contributed by atoms with Crippen molar-refractivity contribution in [2.24, 2.45) is 0 Å². The summed E-state index contributed by atoms with van der Waals surface area (Å²) in [7, 11) is 1.90. The van der Waals surface area contributed by atoms with Gasteiger partial charge in [-0.1, -0.05) is 11.6 Å². The maximum Gasteiger partial charge on any atom is 0.119 e. The van der Waals surface area contributed by atoms with Crippen molar-refractivity contribution in [3.05, 3.63) is 53.6 Å². The van der Waals surface area contributed by atoms with Crippen molar-refractivity contribution < 1.29 is 4.74 Å². The van der Waals surface area contributed by atoms with E-state index in [0.717, 1.165) is 41.8 Å². The minimum absolute atomic E-state index is 0.653. The van der Waals surface area contributed by atoms with Crippen molar-refractivity contribution in [2.45, 2.75) is 0 Å². The second kappa shape index (κ2) is 9.18. The fourth-order valence-corrected chi connectivity index (χ4v) is 2.07. The second-order valence-corrected chi connectivity index (χ2v) is 5.24. The minimum atomic E-state index is 0.653. The van der Waals surface area contributed by atoms with E-state index >= 15 is 0 Å². The molecular formula is C17H22ClN3O. The van der Waals surface area contributed by atoms with Gasteiger partial charge in [-0.05, 0) is 48.5 Å². The molecule has 22 heavy (non-hydrogen) atoms. The number of halogens is 1. The summed E-state index contributed by atoms with van der Waals surface area (Å²) in [6.45, 7) is 3.21. The number of ether oxygens (including phenoxy) is 1. The fraction of sp³-hybridized carbons (Fsp3) is 0.294. The van der Waals surface area contributed by atoms with Gasteiger partial charge in [0.1, 0.15) is 12.4 Å². The molecule has 0 fully saturated rings. The van der Waals surface area contributed by atoms with Crippen molar-refractivity contribution >= 4 is 23.0 Å². The summed E-state index contributed by atoms with van der Waals surface area (Å²) < 4.78 is 5.66. The van der Waals surface area contributed by atoms with Gasteiger partial charge in [-0.2, -0.15) is 0 Å². The van der Waals surface area contributed by atoms with Gasteiger partial charge in [-0.25, -0.2) is 0 Å². The molecular weight excluding hydrogens is 298 g/mol. The van der Waals surface area contributed by atoms with Crippen LogP contribution in [0.4, 0.5) is 11.4 Å². The second-order valence-electron chi connectivity index (χ2n) is 4.81. The molecule has 0 aliphatic rings. The Morgan fingerprint density at radius 2 is 1.55 bits per heavy atom. The van der Waals surface area contributed by atoms with E-state index in [0.29, 0.717) is 6.61 Å². The van der Waals surface area contributed by atoms with E-state index in [4.69, 9.17) is 16.3 Å². The smallest absolute Gasteiger partial charge is 0.119 e. The molecule has 2 aromatic rings. The molecule has 0 radical (unpaired) electrons. The molecule has 3 N–H and O–H groups in total. The number of hydrogen-bond acceptors (Lipinski definition) is 4. The van der Waals surface area contributed by atoms with Crippen LogP contribution >= 0.6 is 11.6 Å². The first kappa shape index (κ1) is 16.5. The van der Waals surface area contributed by atoms with Gasteiger partial charge in [0.05, 0.1) is 0 Å². The van der Waals surface area contributed by atoms with Gasteiger partial charge in [0.15, 0.2) is 0 Å². The summed E-state index contributed by atoms with van der Waals surface area (Å²) in [6, 6.07) is 15.6. The van der Waals surface area contributed by atoms with Gasteiger partial charge in [0.25, 0.3) is 0 Å². The highest BCUT2D eigenvalue weighted by Gasteiger charge is 1.95. The predicted octanol–water partition coefficient (Wildman–Crippen LogP) is 3.46. The Labute approximate surface area is 136 Å². The first-order chi connectivity index (χ1) is 10.8. The third-order valence-corrected chi connectivity index (χ3v) is 3.42. The lowest BCUT2D eigenvalue weighted by atomic mass is 10.3. The monoisotopic (exact) mass is 319 g/mol. The number of benzene rings is 2. The molecule has 5 heteroatoms. The van der Waals surface area contributed by atoms with Crippen LogP contribution in [0.25, 0.3) is 0 Å². The third-order valence-electron chi connectivity index (χ3n) is 3.17. The Kier molecular flexibility index (Phi) is 6.87. The van der Waals surface area contributed by atoms with Crippen LogP contribution in [0.2, 0.25) is 5.02 Å². The lowest BCUT2D eigenvalue weighted by molar-refractivity contribution is 0.315. The highest BCUT2D eigenvalue weighted by molar-refractivity contribution is 6.30. The molecule has 0 heterocycles. The van der Waals surface area contributed by atoms with Crippen LogP contribution in [0.3, 0.4) is 0 Å². The highest BCUT2D eigenvalue weighted by atomic mass is 35.5. The summed E-state index contributed by atoms with van der Waals surface area (Å²) in [4.78, 5) is 0. The molecule has 0 unspecified atom stereocenters. The molecule has 0 saturated heterocycles. The largest absolute Gasteiger partial charge is 0.492 e. The van der Waals surface area contributed by atoms with Crippen LogP contribution in [-0.2, 0) is 0 Å². The Bertz CT molecular complexity index is 543. The van der Waals surface area contributed by atoms with Gasteiger partial charge in [0.2, 0.25) is 0 Å². The van der Waals surface area contributed by atoms with E-state index in [9.17, 15) is 0 Å². The first-order valence-electron chi connectivity index (χ1n) is 7.39. The molecule has 2 aromatic carbocycles. The Morgan fingerprint density at radius 1 is 0.864 bits per heavy atom. The molecule has 0 amide bonds. The number of hydrogen-bond donors (Lipinski definition) is 3. The third kappa shape index (κ3) is 5.84. The van der Waals surface area contributed by atoms with E-state index in [1.165, 1.54) is 0 Å². The highest BCUT2D eigenvalue weighted by Crippen LogP contribution is 2.14. The molecule has 118 valence electrons.